The number of nitrogens with one attached hydrogen (secondary N) is 1. The van der Waals surface area contributed by atoms with Crippen molar-refractivity contribution in [2.75, 3.05) is 0 Å². The average molecular weight is 384 g/mol. The van der Waals surface area contributed by atoms with Gasteiger partial charge in [0.1, 0.15) is 12.4 Å². The Morgan fingerprint density at radius 1 is 1.19 bits per heavy atom. The highest BCUT2D eigenvalue weighted by atomic mass is 32.1. The van der Waals surface area contributed by atoms with E-state index in [0.29, 0.717) is 22.1 Å². The van der Waals surface area contributed by atoms with Crippen LogP contribution in [0.15, 0.2) is 47.6 Å². The molecule has 0 spiro atoms. The Hall–Kier alpha value is -3.13. The van der Waals surface area contributed by atoms with Crippen LogP contribution in [0, 0.1) is 4.77 Å². The summed E-state index contributed by atoms with van der Waals surface area (Å²) in [5.74, 6) is 1.29. The molecule has 0 bridgehead atoms. The first-order valence-corrected chi connectivity index (χ1v) is 8.80. The number of rotatable bonds is 6. The van der Waals surface area contributed by atoms with E-state index in [0.717, 1.165) is 5.75 Å². The van der Waals surface area contributed by atoms with Gasteiger partial charge in [0, 0.05) is 0 Å². The van der Waals surface area contributed by atoms with Crippen LogP contribution in [0.2, 0.25) is 0 Å². The lowest BCUT2D eigenvalue weighted by Gasteiger charge is -2.08. The zero-order valence-electron chi connectivity index (χ0n) is 15.0. The molecule has 140 valence electrons. The van der Waals surface area contributed by atoms with Crippen LogP contribution < -0.4 is 4.74 Å². The molecule has 7 nitrogen and oxygen atoms in total. The van der Waals surface area contributed by atoms with E-state index < -0.39 is 0 Å². The van der Waals surface area contributed by atoms with E-state index in [1.807, 2.05) is 24.3 Å². The van der Waals surface area contributed by atoms with Gasteiger partial charge in [0.25, 0.3) is 0 Å². The minimum Gasteiger partial charge on any atom is -0.504 e. The fraction of sp³-hybridized carbons (Fsp3) is 0.211. The highest BCUT2D eigenvalue weighted by molar-refractivity contribution is 7.71. The minimum absolute atomic E-state index is 0.187. The lowest BCUT2D eigenvalue weighted by molar-refractivity contribution is 0.290. The van der Waals surface area contributed by atoms with Gasteiger partial charge in [-0.15, -0.1) is 0 Å². The number of phenolic OH excluding ortho intramolecular Hbond substituents is 2. The van der Waals surface area contributed by atoms with Crippen LogP contribution in [-0.4, -0.2) is 31.3 Å². The molecule has 0 unspecified atom stereocenters. The zero-order chi connectivity index (χ0) is 19.4. The molecular weight excluding hydrogens is 364 g/mol. The molecular formula is C19H20N4O3S. The Bertz CT molecular complexity index is 1010. The first kappa shape index (κ1) is 18.7. The van der Waals surface area contributed by atoms with E-state index in [4.69, 9.17) is 17.0 Å². The van der Waals surface area contributed by atoms with Crippen LogP contribution in [-0.2, 0) is 6.61 Å². The van der Waals surface area contributed by atoms with Crippen molar-refractivity contribution in [3.63, 3.8) is 0 Å². The molecule has 0 atom stereocenters. The van der Waals surface area contributed by atoms with Gasteiger partial charge in [0.05, 0.1) is 6.21 Å². The number of hydrogen-bond donors (Lipinski definition) is 3. The molecule has 2 aromatic carbocycles. The summed E-state index contributed by atoms with van der Waals surface area (Å²) >= 11 is 5.20. The quantitative estimate of drug-likeness (QED) is 0.340. The molecule has 0 aliphatic rings. The summed E-state index contributed by atoms with van der Waals surface area (Å²) in [7, 11) is 0. The van der Waals surface area contributed by atoms with Crippen molar-refractivity contribution in [1.29, 1.82) is 0 Å². The molecule has 3 aromatic rings. The van der Waals surface area contributed by atoms with Crippen LogP contribution in [0.4, 0.5) is 0 Å². The van der Waals surface area contributed by atoms with Gasteiger partial charge in [-0.25, -0.2) is 5.10 Å². The SMILES string of the molecule is CC(C)c1ccc(OCc2n[nH]c(=S)n2/N=C/c2ccc(O)c(O)c2)cc1. The summed E-state index contributed by atoms with van der Waals surface area (Å²) in [6, 6.07) is 12.3. The van der Waals surface area contributed by atoms with Crippen molar-refractivity contribution in [1.82, 2.24) is 14.9 Å². The summed E-state index contributed by atoms with van der Waals surface area (Å²) < 4.78 is 7.54. The minimum atomic E-state index is -0.219. The summed E-state index contributed by atoms with van der Waals surface area (Å²) in [6.45, 7) is 4.46. The van der Waals surface area contributed by atoms with Gasteiger partial charge in [-0.05, 0) is 59.6 Å². The van der Waals surface area contributed by atoms with Crippen molar-refractivity contribution in [3.05, 3.63) is 64.2 Å². The number of phenols is 2. The maximum atomic E-state index is 9.55. The lowest BCUT2D eigenvalue weighted by Crippen LogP contribution is -2.04. The average Bonchev–Trinajstić information content (AvgIpc) is 3.01. The molecule has 0 saturated heterocycles. The van der Waals surface area contributed by atoms with Crippen LogP contribution >= 0.6 is 12.2 Å². The standard InChI is InChI=1S/C19H20N4O3S/c1-12(2)14-4-6-15(7-5-14)26-11-18-21-22-19(27)23(18)20-10-13-3-8-16(24)17(25)9-13/h3-10,12,24-25H,11H2,1-2H3,(H,22,27)/b20-10+. The number of aromatic hydroxyl groups is 2. The van der Waals surface area contributed by atoms with Gasteiger partial charge < -0.3 is 14.9 Å². The highest BCUT2D eigenvalue weighted by Crippen LogP contribution is 2.24. The van der Waals surface area contributed by atoms with Crippen molar-refractivity contribution >= 4 is 18.4 Å². The van der Waals surface area contributed by atoms with Crippen LogP contribution in [0.5, 0.6) is 17.2 Å². The third-order valence-corrected chi connectivity index (χ3v) is 4.22. The van der Waals surface area contributed by atoms with Gasteiger partial charge in [-0.2, -0.15) is 14.9 Å². The Morgan fingerprint density at radius 2 is 1.93 bits per heavy atom. The molecule has 3 rings (SSSR count). The molecule has 27 heavy (non-hydrogen) atoms. The van der Waals surface area contributed by atoms with Crippen LogP contribution in [0.1, 0.15) is 36.7 Å². The fourth-order valence-electron chi connectivity index (χ4n) is 2.38. The monoisotopic (exact) mass is 384 g/mol. The first-order valence-electron chi connectivity index (χ1n) is 8.39. The largest absolute Gasteiger partial charge is 0.504 e. The van der Waals surface area contributed by atoms with E-state index in [9.17, 15) is 10.2 Å². The van der Waals surface area contributed by atoms with E-state index in [-0.39, 0.29) is 18.1 Å². The topological polar surface area (TPSA) is 95.7 Å². The van der Waals surface area contributed by atoms with Crippen LogP contribution in [0.3, 0.4) is 0 Å². The van der Waals surface area contributed by atoms with Gasteiger partial charge in [0.15, 0.2) is 17.3 Å². The molecule has 0 saturated carbocycles. The van der Waals surface area contributed by atoms with Gasteiger partial charge in [0.2, 0.25) is 4.77 Å². The number of nitrogens with zero attached hydrogens (tertiary/aromatic N) is 3. The molecule has 8 heteroatoms. The van der Waals surface area contributed by atoms with E-state index >= 15 is 0 Å². The summed E-state index contributed by atoms with van der Waals surface area (Å²) in [5.41, 5.74) is 1.84. The molecule has 3 N–H and O–H groups in total. The van der Waals surface area contributed by atoms with Gasteiger partial charge >= 0.3 is 0 Å². The number of aromatic amines is 1. The predicted octanol–water partition coefficient (Wildman–Crippen LogP) is 3.94. The smallest absolute Gasteiger partial charge is 0.216 e. The predicted molar refractivity (Wildman–Crippen MR) is 105 cm³/mol. The summed E-state index contributed by atoms with van der Waals surface area (Å²) in [6.07, 6.45) is 1.51. The Kier molecular flexibility index (Phi) is 5.56. The Labute approximate surface area is 161 Å². The normalized spacial score (nSPS) is 11.4. The third kappa shape index (κ3) is 4.53. The number of benzene rings is 2. The van der Waals surface area contributed by atoms with Crippen molar-refractivity contribution in [3.8, 4) is 17.2 Å². The molecule has 0 fully saturated rings. The fourth-order valence-corrected chi connectivity index (χ4v) is 2.58. The zero-order valence-corrected chi connectivity index (χ0v) is 15.8. The molecule has 0 aliphatic heterocycles. The third-order valence-electron chi connectivity index (χ3n) is 3.95. The van der Waals surface area contributed by atoms with Crippen molar-refractivity contribution in [2.45, 2.75) is 26.4 Å². The van der Waals surface area contributed by atoms with E-state index in [2.05, 4.69) is 29.1 Å². The maximum Gasteiger partial charge on any atom is 0.216 e. The number of H-pyrrole nitrogens is 1. The molecule has 0 radical (unpaired) electrons. The second-order valence-corrected chi connectivity index (χ2v) is 6.65. The molecule has 1 heterocycles. The van der Waals surface area contributed by atoms with E-state index in [1.54, 1.807) is 6.07 Å². The van der Waals surface area contributed by atoms with Crippen molar-refractivity contribution in [2.24, 2.45) is 5.10 Å². The number of aromatic nitrogens is 3. The molecule has 0 aliphatic carbocycles. The van der Waals surface area contributed by atoms with Crippen LogP contribution in [0.25, 0.3) is 0 Å². The molecule has 1 aromatic heterocycles. The summed E-state index contributed by atoms with van der Waals surface area (Å²) in [4.78, 5) is 0. The van der Waals surface area contributed by atoms with E-state index in [1.165, 1.54) is 28.6 Å². The Morgan fingerprint density at radius 3 is 2.59 bits per heavy atom. The molecule has 0 amide bonds. The summed E-state index contributed by atoms with van der Waals surface area (Å²) in [5, 5.41) is 30.0. The second-order valence-electron chi connectivity index (χ2n) is 6.26. The number of ether oxygens (including phenoxy) is 1. The Balaban J connectivity index is 1.73. The maximum absolute atomic E-state index is 9.55. The van der Waals surface area contributed by atoms with Crippen molar-refractivity contribution < 1.29 is 14.9 Å². The highest BCUT2D eigenvalue weighted by Gasteiger charge is 2.07. The second kappa shape index (κ2) is 8.05. The van der Waals surface area contributed by atoms with Gasteiger partial charge in [-0.3, -0.25) is 0 Å². The lowest BCUT2D eigenvalue weighted by atomic mass is 10.0. The first-order chi connectivity index (χ1) is 12.9. The number of hydrogen-bond acceptors (Lipinski definition) is 6. The van der Waals surface area contributed by atoms with Gasteiger partial charge in [-0.1, -0.05) is 26.0 Å².